The largest absolute Gasteiger partial charge is 0.464 e. The maximum absolute atomic E-state index is 11.3. The number of ether oxygens (including phenoxy) is 2. The molecule has 0 atom stereocenters. The van der Waals surface area contributed by atoms with Gasteiger partial charge in [-0.3, -0.25) is 9.59 Å². The van der Waals surface area contributed by atoms with Crippen molar-refractivity contribution in [3.05, 3.63) is 0 Å². The van der Waals surface area contributed by atoms with Crippen LogP contribution < -0.4 is 0 Å². The molecule has 0 aliphatic carbocycles. The summed E-state index contributed by atoms with van der Waals surface area (Å²) in [5.41, 5.74) is -0.452. The number of hydrogen-bond donors (Lipinski definition) is 0. The lowest BCUT2D eigenvalue weighted by molar-refractivity contribution is -0.153. The molecule has 0 saturated heterocycles. The van der Waals surface area contributed by atoms with E-state index in [1.807, 2.05) is 13.8 Å². The van der Waals surface area contributed by atoms with Crippen LogP contribution in [0, 0.1) is 28.1 Å². The highest BCUT2D eigenvalue weighted by atomic mass is 16.5. The first-order valence-electron chi connectivity index (χ1n) is 7.08. The van der Waals surface area contributed by atoms with Crippen LogP contribution in [-0.2, 0) is 19.1 Å². The zero-order valence-corrected chi connectivity index (χ0v) is 12.7. The summed E-state index contributed by atoms with van der Waals surface area (Å²) < 4.78 is 10.2. The molecule has 0 aliphatic heterocycles. The summed E-state index contributed by atoms with van der Waals surface area (Å²) in [5, 5.41) is 16.9. The van der Waals surface area contributed by atoms with E-state index in [-0.39, 0.29) is 26.1 Å². The third kappa shape index (κ3) is 7.94. The normalized spacial score (nSPS) is 10.3. The van der Waals surface area contributed by atoms with Gasteiger partial charge in [-0.15, -0.1) is 0 Å². The van der Waals surface area contributed by atoms with Crippen LogP contribution in [0.3, 0.4) is 0 Å². The monoisotopic (exact) mass is 294 g/mol. The van der Waals surface area contributed by atoms with Crippen molar-refractivity contribution < 1.29 is 19.1 Å². The highest BCUT2D eigenvalue weighted by Gasteiger charge is 2.31. The van der Waals surface area contributed by atoms with E-state index in [1.165, 1.54) is 0 Å². The molecule has 0 unspecified atom stereocenters. The number of esters is 2. The molecule has 0 saturated carbocycles. The lowest BCUT2D eigenvalue weighted by Crippen LogP contribution is -2.34. The maximum atomic E-state index is 11.3. The zero-order valence-electron chi connectivity index (χ0n) is 12.7. The summed E-state index contributed by atoms with van der Waals surface area (Å²) >= 11 is 0. The minimum Gasteiger partial charge on any atom is -0.464 e. The first-order chi connectivity index (χ1) is 10.0. The summed E-state index contributed by atoms with van der Waals surface area (Å²) in [7, 11) is 0. The van der Waals surface area contributed by atoms with E-state index >= 15 is 0 Å². The quantitative estimate of drug-likeness (QED) is 0.574. The minimum absolute atomic E-state index is 0.115. The summed E-state index contributed by atoms with van der Waals surface area (Å²) in [6.07, 6.45) is 2.73. The van der Waals surface area contributed by atoms with Gasteiger partial charge in [0, 0.05) is 5.41 Å². The van der Waals surface area contributed by atoms with E-state index in [4.69, 9.17) is 20.0 Å². The van der Waals surface area contributed by atoms with Crippen molar-refractivity contribution in [3.8, 4) is 12.1 Å². The van der Waals surface area contributed by atoms with Crippen molar-refractivity contribution in [3.63, 3.8) is 0 Å². The number of rotatable bonds is 10. The standard InChI is InChI=1S/C15H22N2O4/c1-3-5-8-15(4-2,11-20-13(18)6-9-16)12-21-14(19)7-10-17/h3-8,11-12H2,1-2H3. The van der Waals surface area contributed by atoms with E-state index in [2.05, 4.69) is 0 Å². The van der Waals surface area contributed by atoms with Crippen LogP contribution >= 0.6 is 0 Å². The Kier molecular flexibility index (Phi) is 9.62. The molecular formula is C15H22N2O4. The van der Waals surface area contributed by atoms with Crippen LogP contribution in [-0.4, -0.2) is 25.2 Å². The van der Waals surface area contributed by atoms with E-state index in [0.717, 1.165) is 19.3 Å². The van der Waals surface area contributed by atoms with Crippen LogP contribution in [0.25, 0.3) is 0 Å². The highest BCUT2D eigenvalue weighted by molar-refractivity contribution is 5.72. The number of nitrogens with zero attached hydrogens (tertiary/aromatic N) is 2. The van der Waals surface area contributed by atoms with Gasteiger partial charge in [0.25, 0.3) is 0 Å². The Morgan fingerprint density at radius 2 is 1.48 bits per heavy atom. The fraction of sp³-hybridized carbons (Fsp3) is 0.733. The third-order valence-corrected chi connectivity index (χ3v) is 3.34. The van der Waals surface area contributed by atoms with Gasteiger partial charge in [-0.2, -0.15) is 10.5 Å². The van der Waals surface area contributed by atoms with Crippen molar-refractivity contribution in [1.82, 2.24) is 0 Å². The van der Waals surface area contributed by atoms with E-state index in [9.17, 15) is 9.59 Å². The van der Waals surface area contributed by atoms with Crippen molar-refractivity contribution in [2.24, 2.45) is 5.41 Å². The van der Waals surface area contributed by atoms with Crippen LogP contribution in [0.2, 0.25) is 0 Å². The second-order valence-corrected chi connectivity index (χ2v) is 4.95. The Labute approximate surface area is 125 Å². The average molecular weight is 294 g/mol. The highest BCUT2D eigenvalue weighted by Crippen LogP contribution is 2.30. The van der Waals surface area contributed by atoms with Gasteiger partial charge in [0.1, 0.15) is 26.1 Å². The summed E-state index contributed by atoms with van der Waals surface area (Å²) in [4.78, 5) is 22.6. The first-order valence-corrected chi connectivity index (χ1v) is 7.08. The predicted octanol–water partition coefficient (Wildman–Crippen LogP) is 2.49. The van der Waals surface area contributed by atoms with E-state index < -0.39 is 17.4 Å². The lowest BCUT2D eigenvalue weighted by atomic mass is 9.81. The summed E-state index contributed by atoms with van der Waals surface area (Å²) in [6, 6.07) is 3.47. The molecule has 0 bridgehead atoms. The topological polar surface area (TPSA) is 100 Å². The zero-order chi connectivity index (χ0) is 16.1. The molecule has 0 N–H and O–H groups in total. The molecule has 0 aromatic heterocycles. The van der Waals surface area contributed by atoms with Gasteiger partial charge in [0.2, 0.25) is 0 Å². The Bertz CT molecular complexity index is 388. The summed E-state index contributed by atoms with van der Waals surface area (Å²) in [6.45, 7) is 4.21. The number of carbonyl (C=O) groups excluding carboxylic acids is 2. The maximum Gasteiger partial charge on any atom is 0.320 e. The first kappa shape index (κ1) is 18.9. The molecule has 0 aromatic rings. The number of hydrogen-bond acceptors (Lipinski definition) is 6. The van der Waals surface area contributed by atoms with Gasteiger partial charge < -0.3 is 9.47 Å². The molecule has 0 aromatic carbocycles. The van der Waals surface area contributed by atoms with Gasteiger partial charge in [-0.25, -0.2) is 0 Å². The second kappa shape index (κ2) is 10.7. The van der Waals surface area contributed by atoms with E-state index in [1.54, 1.807) is 12.1 Å². The number of nitriles is 2. The number of carbonyl (C=O) groups is 2. The van der Waals surface area contributed by atoms with Gasteiger partial charge in [-0.1, -0.05) is 26.7 Å². The third-order valence-electron chi connectivity index (χ3n) is 3.34. The number of unbranched alkanes of at least 4 members (excludes halogenated alkanes) is 1. The Hall–Kier alpha value is -2.08. The molecule has 0 amide bonds. The smallest absolute Gasteiger partial charge is 0.320 e. The van der Waals surface area contributed by atoms with Gasteiger partial charge >= 0.3 is 11.9 Å². The molecule has 0 spiro atoms. The van der Waals surface area contributed by atoms with Gasteiger partial charge in [-0.05, 0) is 12.8 Å². The molecule has 0 fully saturated rings. The fourth-order valence-electron chi connectivity index (χ4n) is 1.82. The fourth-order valence-corrected chi connectivity index (χ4v) is 1.82. The molecule has 116 valence electrons. The van der Waals surface area contributed by atoms with Crippen LogP contribution in [0.1, 0.15) is 52.4 Å². The minimum atomic E-state index is -0.574. The second-order valence-electron chi connectivity index (χ2n) is 4.95. The van der Waals surface area contributed by atoms with Crippen molar-refractivity contribution >= 4 is 11.9 Å². The average Bonchev–Trinajstić information content (AvgIpc) is 2.48. The molecule has 0 aliphatic rings. The Morgan fingerprint density at radius 1 is 1.00 bits per heavy atom. The SMILES string of the molecule is CCCCC(CC)(COC(=O)CC#N)COC(=O)CC#N. The molecular weight excluding hydrogens is 272 g/mol. The predicted molar refractivity (Wildman–Crippen MR) is 74.6 cm³/mol. The van der Waals surface area contributed by atoms with Crippen LogP contribution in [0.4, 0.5) is 0 Å². The van der Waals surface area contributed by atoms with Crippen LogP contribution in [0.5, 0.6) is 0 Å². The van der Waals surface area contributed by atoms with Gasteiger partial charge in [0.05, 0.1) is 12.1 Å². The summed E-state index contributed by atoms with van der Waals surface area (Å²) in [5.74, 6) is -1.15. The van der Waals surface area contributed by atoms with Crippen LogP contribution in [0.15, 0.2) is 0 Å². The molecule has 0 radical (unpaired) electrons. The molecule has 21 heavy (non-hydrogen) atoms. The van der Waals surface area contributed by atoms with Gasteiger partial charge in [0.15, 0.2) is 0 Å². The molecule has 0 heterocycles. The van der Waals surface area contributed by atoms with E-state index in [0.29, 0.717) is 6.42 Å². The van der Waals surface area contributed by atoms with Crippen molar-refractivity contribution in [1.29, 1.82) is 10.5 Å². The molecule has 6 nitrogen and oxygen atoms in total. The lowest BCUT2D eigenvalue weighted by Gasteiger charge is -2.31. The molecule has 6 heteroatoms. The Morgan fingerprint density at radius 3 is 1.81 bits per heavy atom. The Balaban J connectivity index is 4.66. The van der Waals surface area contributed by atoms with Crippen molar-refractivity contribution in [2.75, 3.05) is 13.2 Å². The molecule has 0 rings (SSSR count). The van der Waals surface area contributed by atoms with Crippen molar-refractivity contribution in [2.45, 2.75) is 52.4 Å².